The fourth-order valence-corrected chi connectivity index (χ4v) is 4.98. The van der Waals surface area contributed by atoms with Gasteiger partial charge in [0.25, 0.3) is 0 Å². The van der Waals surface area contributed by atoms with Gasteiger partial charge in [-0.3, -0.25) is 9.91 Å². The van der Waals surface area contributed by atoms with Crippen LogP contribution in [0.1, 0.15) is 39.0 Å². The van der Waals surface area contributed by atoms with Crippen LogP contribution < -0.4 is 5.01 Å². The average molecular weight is 414 g/mol. The second-order valence-corrected chi connectivity index (χ2v) is 8.51. The number of rotatable bonds is 6. The molecule has 3 atom stereocenters. The molecule has 3 aliphatic rings. The van der Waals surface area contributed by atoms with Crippen molar-refractivity contribution in [1.29, 1.82) is 0 Å². The summed E-state index contributed by atoms with van der Waals surface area (Å²) < 4.78 is 11.9. The molecule has 4 rings (SSSR count). The summed E-state index contributed by atoms with van der Waals surface area (Å²) in [5.41, 5.74) is 1.01. The summed E-state index contributed by atoms with van der Waals surface area (Å²) in [5.74, 6) is 0. The van der Waals surface area contributed by atoms with Gasteiger partial charge < -0.3 is 9.47 Å². The van der Waals surface area contributed by atoms with Gasteiger partial charge in [0.2, 0.25) is 0 Å². The third-order valence-electron chi connectivity index (χ3n) is 5.85. The zero-order valence-electron chi connectivity index (χ0n) is 15.9. The van der Waals surface area contributed by atoms with Crippen molar-refractivity contribution in [3.05, 3.63) is 28.2 Å². The summed E-state index contributed by atoms with van der Waals surface area (Å²) in [6.45, 7) is 6.73. The van der Waals surface area contributed by atoms with E-state index in [4.69, 9.17) is 32.7 Å². The third-order valence-corrected chi connectivity index (χ3v) is 6.39. The molecule has 27 heavy (non-hydrogen) atoms. The highest BCUT2D eigenvalue weighted by Crippen LogP contribution is 2.37. The van der Waals surface area contributed by atoms with Gasteiger partial charge in [0.1, 0.15) is 6.17 Å². The molecule has 1 aromatic rings. The van der Waals surface area contributed by atoms with Crippen LogP contribution in [-0.2, 0) is 9.47 Å². The van der Waals surface area contributed by atoms with E-state index in [2.05, 4.69) is 21.8 Å². The number of anilines is 1. The van der Waals surface area contributed by atoms with Crippen molar-refractivity contribution < 1.29 is 9.47 Å². The molecule has 0 N–H and O–H groups in total. The number of hydrogen-bond donors (Lipinski definition) is 0. The monoisotopic (exact) mass is 413 g/mol. The molecule has 3 fully saturated rings. The Morgan fingerprint density at radius 1 is 1.07 bits per heavy atom. The average Bonchev–Trinajstić information content (AvgIpc) is 3.39. The Morgan fingerprint density at radius 2 is 1.81 bits per heavy atom. The van der Waals surface area contributed by atoms with Gasteiger partial charge in [-0.1, -0.05) is 30.1 Å². The van der Waals surface area contributed by atoms with Crippen molar-refractivity contribution >= 4 is 28.9 Å². The van der Waals surface area contributed by atoms with Crippen LogP contribution in [0.4, 0.5) is 5.69 Å². The standard InChI is InChI=1S/C20H29Cl2N3O2/c1-2-23-14-24(13-17-6-4-10-27-17)25(19-8-7-15(21)11-18(19)22)20(23)12-16-5-3-9-26-16/h7-8,11,16-17,20H,2-6,9-10,12-14H2,1H3. The molecule has 7 heteroatoms. The molecule has 0 saturated carbocycles. The SMILES string of the molecule is CCN1CN(CC2CCCO2)N(c2ccc(Cl)cc2Cl)C1CC1CCCO1. The Balaban J connectivity index is 1.62. The highest BCUT2D eigenvalue weighted by Gasteiger charge is 2.41. The lowest BCUT2D eigenvalue weighted by atomic mass is 10.1. The zero-order chi connectivity index (χ0) is 18.8. The summed E-state index contributed by atoms with van der Waals surface area (Å²) in [6, 6.07) is 5.79. The molecule has 150 valence electrons. The van der Waals surface area contributed by atoms with Crippen molar-refractivity contribution in [3.8, 4) is 0 Å². The minimum atomic E-state index is 0.234. The maximum atomic E-state index is 6.63. The van der Waals surface area contributed by atoms with Crippen LogP contribution in [0.5, 0.6) is 0 Å². The quantitative estimate of drug-likeness (QED) is 0.689. The number of benzene rings is 1. The van der Waals surface area contributed by atoms with E-state index in [9.17, 15) is 0 Å². The maximum absolute atomic E-state index is 6.63. The van der Waals surface area contributed by atoms with Crippen LogP contribution in [0.2, 0.25) is 10.0 Å². The molecular formula is C20H29Cl2N3O2. The van der Waals surface area contributed by atoms with E-state index in [0.717, 1.165) is 70.8 Å². The summed E-state index contributed by atoms with van der Waals surface area (Å²) in [7, 11) is 0. The Morgan fingerprint density at radius 3 is 2.44 bits per heavy atom. The molecule has 0 aliphatic carbocycles. The highest BCUT2D eigenvalue weighted by molar-refractivity contribution is 6.36. The first-order valence-corrected chi connectivity index (χ1v) is 10.9. The van der Waals surface area contributed by atoms with Crippen LogP contribution in [-0.4, -0.2) is 61.3 Å². The molecule has 0 spiro atoms. The largest absolute Gasteiger partial charge is 0.378 e. The predicted molar refractivity (Wildman–Crippen MR) is 109 cm³/mol. The van der Waals surface area contributed by atoms with Crippen LogP contribution >= 0.6 is 23.2 Å². The number of nitrogens with zero attached hydrogens (tertiary/aromatic N) is 3. The van der Waals surface area contributed by atoms with E-state index in [1.165, 1.54) is 0 Å². The number of hydrogen-bond acceptors (Lipinski definition) is 5. The second kappa shape index (κ2) is 8.85. The van der Waals surface area contributed by atoms with Gasteiger partial charge >= 0.3 is 0 Å². The predicted octanol–water partition coefficient (Wildman–Crippen LogP) is 4.38. The second-order valence-electron chi connectivity index (χ2n) is 7.66. The third kappa shape index (κ3) is 4.39. The van der Waals surface area contributed by atoms with Gasteiger partial charge in [0, 0.05) is 31.2 Å². The summed E-state index contributed by atoms with van der Waals surface area (Å²) in [4.78, 5) is 2.50. The van der Waals surface area contributed by atoms with E-state index in [-0.39, 0.29) is 6.17 Å². The Hall–Kier alpha value is -0.560. The molecule has 3 unspecified atom stereocenters. The van der Waals surface area contributed by atoms with Crippen molar-refractivity contribution in [2.45, 2.75) is 57.4 Å². The molecule has 5 nitrogen and oxygen atoms in total. The fraction of sp³-hybridized carbons (Fsp3) is 0.700. The highest BCUT2D eigenvalue weighted by atomic mass is 35.5. The number of hydrazine groups is 1. The lowest BCUT2D eigenvalue weighted by Crippen LogP contribution is -2.47. The minimum absolute atomic E-state index is 0.234. The van der Waals surface area contributed by atoms with Crippen molar-refractivity contribution in [2.75, 3.05) is 38.0 Å². The van der Waals surface area contributed by atoms with Gasteiger partial charge in [-0.2, -0.15) is 0 Å². The Labute approximate surface area is 172 Å². The van der Waals surface area contributed by atoms with Crippen LogP contribution in [0.15, 0.2) is 18.2 Å². The zero-order valence-corrected chi connectivity index (χ0v) is 17.5. The smallest absolute Gasteiger partial charge is 0.101 e. The maximum Gasteiger partial charge on any atom is 0.101 e. The number of halogens is 2. The molecule has 0 aromatic heterocycles. The van der Waals surface area contributed by atoms with Crippen molar-refractivity contribution in [1.82, 2.24) is 9.91 Å². The topological polar surface area (TPSA) is 28.2 Å². The van der Waals surface area contributed by atoms with Gasteiger partial charge in [0.05, 0.1) is 29.6 Å². The molecular weight excluding hydrogens is 385 g/mol. The van der Waals surface area contributed by atoms with E-state index in [0.29, 0.717) is 22.3 Å². The molecule has 0 bridgehead atoms. The van der Waals surface area contributed by atoms with E-state index in [1.54, 1.807) is 0 Å². The lowest BCUT2D eigenvalue weighted by molar-refractivity contribution is 0.0719. The van der Waals surface area contributed by atoms with Gasteiger partial charge in [0.15, 0.2) is 0 Å². The molecule has 3 saturated heterocycles. The van der Waals surface area contributed by atoms with E-state index in [1.807, 2.05) is 18.2 Å². The van der Waals surface area contributed by atoms with E-state index < -0.39 is 0 Å². The lowest BCUT2D eigenvalue weighted by Gasteiger charge is -2.36. The van der Waals surface area contributed by atoms with Gasteiger partial charge in [-0.15, -0.1) is 0 Å². The van der Waals surface area contributed by atoms with Gasteiger partial charge in [-0.05, 0) is 50.4 Å². The summed E-state index contributed by atoms with van der Waals surface area (Å²) in [5, 5.41) is 6.12. The van der Waals surface area contributed by atoms with Crippen LogP contribution in [0.3, 0.4) is 0 Å². The first kappa shape index (κ1) is 19.7. The Bertz CT molecular complexity index is 636. The number of ether oxygens (including phenoxy) is 2. The van der Waals surface area contributed by atoms with Gasteiger partial charge in [-0.25, -0.2) is 5.01 Å². The Kier molecular flexibility index (Phi) is 6.47. The first-order valence-electron chi connectivity index (χ1n) is 10.1. The molecule has 1 aromatic carbocycles. The normalized spacial score (nSPS) is 29.9. The molecule has 0 radical (unpaired) electrons. The summed E-state index contributed by atoms with van der Waals surface area (Å²) in [6.07, 6.45) is 6.40. The van der Waals surface area contributed by atoms with E-state index >= 15 is 0 Å². The fourth-order valence-electron chi connectivity index (χ4n) is 4.49. The summed E-state index contributed by atoms with van der Waals surface area (Å²) >= 11 is 12.8. The van der Waals surface area contributed by atoms with Crippen molar-refractivity contribution in [3.63, 3.8) is 0 Å². The van der Waals surface area contributed by atoms with Crippen LogP contribution in [0, 0.1) is 0 Å². The van der Waals surface area contributed by atoms with Crippen LogP contribution in [0.25, 0.3) is 0 Å². The molecule has 3 heterocycles. The molecule has 0 amide bonds. The molecule has 3 aliphatic heterocycles. The first-order chi connectivity index (χ1) is 13.2. The van der Waals surface area contributed by atoms with Crippen molar-refractivity contribution in [2.24, 2.45) is 0 Å². The minimum Gasteiger partial charge on any atom is -0.378 e.